The second-order valence-corrected chi connectivity index (χ2v) is 10.0. The van der Waals surface area contributed by atoms with Crippen molar-refractivity contribution < 1.29 is 26.5 Å². The van der Waals surface area contributed by atoms with E-state index < -0.39 is 11.6 Å². The van der Waals surface area contributed by atoms with Gasteiger partial charge in [-0.25, -0.2) is 4.39 Å². The molecule has 0 amide bonds. The Morgan fingerprint density at radius 1 is 0.886 bits per heavy atom. The SMILES string of the molecule is Cc1cc2c(oc3cc(F)ccc32)c(-c2cc(CC(C)(C)C(F)(F)F)c3ccccc3[n+]2C)c1C. The lowest BCUT2D eigenvalue weighted by Crippen LogP contribution is -2.36. The maximum Gasteiger partial charge on any atom is 0.394 e. The zero-order valence-corrected chi connectivity index (χ0v) is 20.3. The fourth-order valence-electron chi connectivity index (χ4n) is 4.89. The van der Waals surface area contributed by atoms with Crippen molar-refractivity contribution in [2.45, 2.75) is 40.3 Å². The van der Waals surface area contributed by atoms with Gasteiger partial charge in [-0.05, 0) is 61.2 Å². The van der Waals surface area contributed by atoms with Gasteiger partial charge < -0.3 is 4.42 Å². The van der Waals surface area contributed by atoms with Gasteiger partial charge in [0.2, 0.25) is 11.2 Å². The van der Waals surface area contributed by atoms with E-state index in [0.29, 0.717) is 16.7 Å². The highest BCUT2D eigenvalue weighted by Gasteiger charge is 2.47. The standard InChI is InChI=1S/C29H26F4NO/c1-16-12-22-21-11-10-19(30)14-25(21)35-27(22)26(17(16)2)24-13-18(15-28(3,4)29(31,32)33)20-8-6-7-9-23(20)34(24)5/h6-14H,15H2,1-5H3/q+1. The molecule has 0 N–H and O–H groups in total. The molecule has 180 valence electrons. The number of hydrogen-bond donors (Lipinski definition) is 0. The van der Waals surface area contributed by atoms with E-state index in [1.165, 1.54) is 26.0 Å². The third-order valence-electron chi connectivity index (χ3n) is 7.18. The fraction of sp³-hybridized carbons (Fsp3) is 0.276. The summed E-state index contributed by atoms with van der Waals surface area (Å²) in [5.74, 6) is -0.389. The van der Waals surface area contributed by atoms with Crippen LogP contribution in [0.25, 0.3) is 44.1 Å². The van der Waals surface area contributed by atoms with Crippen LogP contribution >= 0.6 is 0 Å². The number of pyridine rings is 1. The molecule has 35 heavy (non-hydrogen) atoms. The third kappa shape index (κ3) is 3.67. The number of aryl methyl sites for hydroxylation is 2. The molecule has 2 nitrogen and oxygen atoms in total. The first-order chi connectivity index (χ1) is 16.4. The Morgan fingerprint density at radius 2 is 1.60 bits per heavy atom. The smallest absolute Gasteiger partial charge is 0.394 e. The first-order valence-electron chi connectivity index (χ1n) is 11.5. The molecule has 0 atom stereocenters. The molecule has 0 saturated heterocycles. The van der Waals surface area contributed by atoms with E-state index in [4.69, 9.17) is 4.42 Å². The lowest BCUT2D eigenvalue weighted by Gasteiger charge is -2.28. The minimum absolute atomic E-state index is 0.162. The summed E-state index contributed by atoms with van der Waals surface area (Å²) in [4.78, 5) is 0. The molecule has 3 aromatic carbocycles. The number of para-hydroxylation sites is 1. The second kappa shape index (κ2) is 7.80. The van der Waals surface area contributed by atoms with Crippen molar-refractivity contribution in [3.8, 4) is 11.3 Å². The number of hydrogen-bond acceptors (Lipinski definition) is 1. The minimum Gasteiger partial charge on any atom is -0.455 e. The maximum atomic E-state index is 13.9. The van der Waals surface area contributed by atoms with Gasteiger partial charge in [-0.2, -0.15) is 17.7 Å². The lowest BCUT2D eigenvalue weighted by molar-refractivity contribution is -0.633. The number of aromatic nitrogens is 1. The van der Waals surface area contributed by atoms with Crippen molar-refractivity contribution in [1.29, 1.82) is 0 Å². The Hall–Kier alpha value is -3.41. The fourth-order valence-corrected chi connectivity index (χ4v) is 4.89. The quantitative estimate of drug-likeness (QED) is 0.188. The second-order valence-electron chi connectivity index (χ2n) is 10.0. The van der Waals surface area contributed by atoms with Gasteiger partial charge in [-0.3, -0.25) is 0 Å². The van der Waals surface area contributed by atoms with Gasteiger partial charge in [-0.1, -0.05) is 26.0 Å². The summed E-state index contributed by atoms with van der Waals surface area (Å²) in [6.45, 7) is 6.44. The average molecular weight is 481 g/mol. The van der Waals surface area contributed by atoms with Crippen LogP contribution in [0.1, 0.15) is 30.5 Å². The molecule has 0 radical (unpaired) electrons. The van der Waals surface area contributed by atoms with Gasteiger partial charge in [-0.15, -0.1) is 0 Å². The number of halogens is 4. The van der Waals surface area contributed by atoms with Gasteiger partial charge >= 0.3 is 6.18 Å². The Morgan fingerprint density at radius 3 is 2.31 bits per heavy atom. The molecule has 5 rings (SSSR count). The number of rotatable bonds is 3. The molecule has 0 aliphatic heterocycles. The zero-order valence-electron chi connectivity index (χ0n) is 20.3. The van der Waals surface area contributed by atoms with E-state index in [1.54, 1.807) is 6.07 Å². The van der Waals surface area contributed by atoms with Crippen molar-refractivity contribution in [2.24, 2.45) is 12.5 Å². The largest absolute Gasteiger partial charge is 0.455 e. The van der Waals surface area contributed by atoms with Gasteiger partial charge in [0.05, 0.1) is 11.0 Å². The monoisotopic (exact) mass is 480 g/mol. The topological polar surface area (TPSA) is 17.0 Å². The summed E-state index contributed by atoms with van der Waals surface area (Å²) >= 11 is 0. The number of fused-ring (bicyclic) bond motifs is 4. The van der Waals surface area contributed by atoms with Crippen molar-refractivity contribution in [1.82, 2.24) is 0 Å². The molecular formula is C29H26F4NO+. The van der Waals surface area contributed by atoms with Crippen LogP contribution in [-0.2, 0) is 13.5 Å². The molecule has 0 unspecified atom stereocenters. The van der Waals surface area contributed by atoms with E-state index in [1.807, 2.05) is 61.9 Å². The molecule has 6 heteroatoms. The minimum atomic E-state index is -4.35. The van der Waals surface area contributed by atoms with E-state index in [2.05, 4.69) is 0 Å². The average Bonchev–Trinajstić information content (AvgIpc) is 3.13. The van der Waals surface area contributed by atoms with Gasteiger partial charge in [0, 0.05) is 34.4 Å². The molecule has 5 aromatic rings. The number of alkyl halides is 3. The van der Waals surface area contributed by atoms with E-state index in [0.717, 1.165) is 44.1 Å². The number of nitrogens with zero attached hydrogens (tertiary/aromatic N) is 1. The zero-order chi connectivity index (χ0) is 25.3. The molecule has 0 saturated carbocycles. The van der Waals surface area contributed by atoms with Crippen LogP contribution in [0.5, 0.6) is 0 Å². The van der Waals surface area contributed by atoms with Crippen LogP contribution in [0.3, 0.4) is 0 Å². The van der Waals surface area contributed by atoms with E-state index in [-0.39, 0.29) is 12.2 Å². The summed E-state index contributed by atoms with van der Waals surface area (Å²) in [6, 6.07) is 15.8. The molecule has 0 aliphatic rings. The van der Waals surface area contributed by atoms with Gasteiger partial charge in [0.25, 0.3) is 0 Å². The third-order valence-corrected chi connectivity index (χ3v) is 7.18. The summed E-state index contributed by atoms with van der Waals surface area (Å²) in [6.07, 6.45) is -4.51. The van der Waals surface area contributed by atoms with Gasteiger partial charge in [0.1, 0.15) is 24.0 Å². The molecule has 2 heterocycles. The maximum absolute atomic E-state index is 13.9. The predicted molar refractivity (Wildman–Crippen MR) is 131 cm³/mol. The lowest BCUT2D eigenvalue weighted by atomic mass is 9.83. The summed E-state index contributed by atoms with van der Waals surface area (Å²) in [5, 5.41) is 2.43. The van der Waals surface area contributed by atoms with Crippen molar-refractivity contribution >= 4 is 32.8 Å². The molecule has 2 aromatic heterocycles. The number of furan rings is 1. The Labute approximate surface area is 200 Å². The molecule has 0 aliphatic carbocycles. The highest BCUT2D eigenvalue weighted by Crippen LogP contribution is 2.43. The van der Waals surface area contributed by atoms with Gasteiger partial charge in [0.15, 0.2) is 0 Å². The highest BCUT2D eigenvalue weighted by atomic mass is 19.4. The van der Waals surface area contributed by atoms with Crippen LogP contribution in [0.2, 0.25) is 0 Å². The van der Waals surface area contributed by atoms with Crippen LogP contribution < -0.4 is 4.57 Å². The van der Waals surface area contributed by atoms with Crippen molar-refractivity contribution in [3.63, 3.8) is 0 Å². The predicted octanol–water partition coefficient (Wildman–Crippen LogP) is 8.12. The van der Waals surface area contributed by atoms with Crippen molar-refractivity contribution in [3.05, 3.63) is 77.1 Å². The molecule has 0 spiro atoms. The summed E-state index contributed by atoms with van der Waals surface area (Å²) in [7, 11) is 1.91. The Kier molecular flexibility index (Phi) is 5.20. The van der Waals surface area contributed by atoms with E-state index in [9.17, 15) is 17.6 Å². The first-order valence-corrected chi connectivity index (χ1v) is 11.5. The highest BCUT2D eigenvalue weighted by molar-refractivity contribution is 6.10. The Balaban J connectivity index is 1.87. The Bertz CT molecular complexity index is 1630. The van der Waals surface area contributed by atoms with Crippen LogP contribution in [0, 0.1) is 25.1 Å². The van der Waals surface area contributed by atoms with Crippen molar-refractivity contribution in [2.75, 3.05) is 0 Å². The summed E-state index contributed by atoms with van der Waals surface area (Å²) < 4.78 is 63.7. The first kappa shape index (κ1) is 23.3. The summed E-state index contributed by atoms with van der Waals surface area (Å²) in [5.41, 5.74) is 4.11. The molecular weight excluding hydrogens is 454 g/mol. The number of benzene rings is 3. The van der Waals surface area contributed by atoms with E-state index >= 15 is 0 Å². The normalized spacial score (nSPS) is 12.8. The van der Waals surface area contributed by atoms with Crippen LogP contribution in [0.15, 0.2) is 59.0 Å². The van der Waals surface area contributed by atoms with Crippen LogP contribution in [-0.4, -0.2) is 6.18 Å². The molecule has 0 fully saturated rings. The van der Waals surface area contributed by atoms with Crippen LogP contribution in [0.4, 0.5) is 17.6 Å². The molecule has 0 bridgehead atoms.